The molecule has 1 rings (SSSR count). The van der Waals surface area contributed by atoms with Crippen LogP contribution in [-0.2, 0) is 16.4 Å². The highest BCUT2D eigenvalue weighted by atomic mass is 32.2. The molecule has 0 aliphatic carbocycles. The molecule has 0 fully saturated rings. The molecule has 0 atom stereocenters. The minimum Gasteiger partial charge on any atom is -0.215 e. The van der Waals surface area contributed by atoms with E-state index in [1.165, 1.54) is 13.0 Å². The first-order valence-electron chi connectivity index (χ1n) is 4.86. The highest BCUT2D eigenvalue weighted by Crippen LogP contribution is 2.08. The summed E-state index contributed by atoms with van der Waals surface area (Å²) < 4.78 is 49.8. The van der Waals surface area contributed by atoms with E-state index >= 15 is 0 Å². The Morgan fingerprint density at radius 2 is 1.94 bits per heavy atom. The Labute approximate surface area is 93.5 Å². The fraction of sp³-hybridized carbons (Fsp3) is 0.400. The van der Waals surface area contributed by atoms with E-state index in [1.807, 2.05) is 0 Å². The molecular weight excluding hydrogens is 236 g/mol. The molecule has 1 aromatic rings. The van der Waals surface area contributed by atoms with Gasteiger partial charge in [0.1, 0.15) is 0 Å². The van der Waals surface area contributed by atoms with Gasteiger partial charge in [-0.2, -0.15) is 0 Å². The van der Waals surface area contributed by atoms with Crippen LogP contribution >= 0.6 is 0 Å². The number of benzene rings is 1. The summed E-state index contributed by atoms with van der Waals surface area (Å²) in [4.78, 5) is 0. The zero-order chi connectivity index (χ0) is 12.2. The lowest BCUT2D eigenvalue weighted by Gasteiger charge is -2.04. The molecule has 16 heavy (non-hydrogen) atoms. The maximum atomic E-state index is 12.8. The first-order valence-corrected chi connectivity index (χ1v) is 6.51. The van der Waals surface area contributed by atoms with Crippen LogP contribution in [0.25, 0.3) is 0 Å². The topological polar surface area (TPSA) is 46.2 Å². The zero-order valence-corrected chi connectivity index (χ0v) is 9.65. The average Bonchev–Trinajstić information content (AvgIpc) is 2.23. The molecule has 0 aliphatic rings. The smallest absolute Gasteiger partial charge is 0.211 e. The molecule has 0 saturated carbocycles. The monoisotopic (exact) mass is 249 g/mol. The van der Waals surface area contributed by atoms with E-state index in [4.69, 9.17) is 0 Å². The predicted octanol–water partition coefficient (Wildman–Crippen LogP) is 1.45. The molecule has 90 valence electrons. The lowest BCUT2D eigenvalue weighted by atomic mass is 10.1. The van der Waals surface area contributed by atoms with Gasteiger partial charge in [-0.05, 0) is 31.0 Å². The number of hydrogen-bond acceptors (Lipinski definition) is 2. The first-order chi connectivity index (χ1) is 7.44. The van der Waals surface area contributed by atoms with Crippen molar-refractivity contribution in [1.82, 2.24) is 4.72 Å². The molecule has 1 aromatic carbocycles. The van der Waals surface area contributed by atoms with Crippen LogP contribution in [0.2, 0.25) is 0 Å². The number of sulfonamides is 1. The van der Waals surface area contributed by atoms with Gasteiger partial charge < -0.3 is 0 Å². The summed E-state index contributed by atoms with van der Waals surface area (Å²) in [6, 6.07) is 3.52. The van der Waals surface area contributed by atoms with Crippen LogP contribution in [0.3, 0.4) is 0 Å². The normalized spacial score (nSPS) is 11.7. The summed E-state index contributed by atoms with van der Waals surface area (Å²) in [5, 5.41) is 0. The van der Waals surface area contributed by atoms with Gasteiger partial charge in [-0.3, -0.25) is 0 Å². The van der Waals surface area contributed by atoms with E-state index in [1.54, 1.807) is 0 Å². The average molecular weight is 249 g/mol. The number of nitrogens with one attached hydrogen (secondary N) is 1. The van der Waals surface area contributed by atoms with Crippen LogP contribution < -0.4 is 4.72 Å². The standard InChI is InChI=1S/C10H13F2NO2S/c1-2-16(14,15)13-6-5-8-3-4-9(11)10(12)7-8/h3-4,7,13H,2,5-6H2,1H3. The fourth-order valence-corrected chi connectivity index (χ4v) is 1.77. The van der Waals surface area contributed by atoms with Crippen molar-refractivity contribution in [3.63, 3.8) is 0 Å². The van der Waals surface area contributed by atoms with E-state index in [2.05, 4.69) is 4.72 Å². The van der Waals surface area contributed by atoms with E-state index in [0.717, 1.165) is 12.1 Å². The van der Waals surface area contributed by atoms with Gasteiger partial charge in [-0.15, -0.1) is 0 Å². The summed E-state index contributed by atoms with van der Waals surface area (Å²) in [7, 11) is -3.23. The molecule has 0 heterocycles. The first kappa shape index (κ1) is 13.1. The summed E-state index contributed by atoms with van der Waals surface area (Å²) in [6.45, 7) is 1.71. The van der Waals surface area contributed by atoms with Crippen molar-refractivity contribution in [3.8, 4) is 0 Å². The van der Waals surface area contributed by atoms with E-state index in [9.17, 15) is 17.2 Å². The van der Waals surface area contributed by atoms with Crippen molar-refractivity contribution >= 4 is 10.0 Å². The second-order valence-corrected chi connectivity index (χ2v) is 5.39. The predicted molar refractivity (Wildman–Crippen MR) is 57.5 cm³/mol. The van der Waals surface area contributed by atoms with Crippen LogP contribution in [0.4, 0.5) is 8.78 Å². The van der Waals surface area contributed by atoms with E-state index < -0.39 is 21.7 Å². The zero-order valence-electron chi connectivity index (χ0n) is 8.83. The third-order valence-electron chi connectivity index (χ3n) is 2.10. The van der Waals surface area contributed by atoms with Gasteiger partial charge in [-0.1, -0.05) is 6.07 Å². The summed E-state index contributed by atoms with van der Waals surface area (Å²) in [5.41, 5.74) is 0.553. The second-order valence-electron chi connectivity index (χ2n) is 3.30. The molecule has 3 nitrogen and oxygen atoms in total. The largest absolute Gasteiger partial charge is 0.215 e. The molecule has 0 aliphatic heterocycles. The Kier molecular flexibility index (Phi) is 4.37. The molecule has 0 spiro atoms. The highest BCUT2D eigenvalue weighted by Gasteiger charge is 2.06. The third kappa shape index (κ3) is 3.86. The second kappa shape index (κ2) is 5.36. The van der Waals surface area contributed by atoms with Crippen LogP contribution in [-0.4, -0.2) is 20.7 Å². The molecule has 1 N–H and O–H groups in total. The van der Waals surface area contributed by atoms with Crippen molar-refractivity contribution in [2.45, 2.75) is 13.3 Å². The van der Waals surface area contributed by atoms with Crippen LogP contribution in [0.1, 0.15) is 12.5 Å². The van der Waals surface area contributed by atoms with E-state index in [0.29, 0.717) is 12.0 Å². The van der Waals surface area contributed by atoms with Gasteiger partial charge in [-0.25, -0.2) is 21.9 Å². The Morgan fingerprint density at radius 3 is 2.50 bits per heavy atom. The molecule has 0 unspecified atom stereocenters. The Hall–Kier alpha value is -1.01. The van der Waals surface area contributed by atoms with E-state index in [-0.39, 0.29) is 12.3 Å². The molecule has 0 amide bonds. The van der Waals surface area contributed by atoms with Gasteiger partial charge >= 0.3 is 0 Å². The highest BCUT2D eigenvalue weighted by molar-refractivity contribution is 7.89. The summed E-state index contributed by atoms with van der Waals surface area (Å²) >= 11 is 0. The van der Waals surface area contributed by atoms with Crippen LogP contribution in [0.15, 0.2) is 18.2 Å². The van der Waals surface area contributed by atoms with Crippen LogP contribution in [0, 0.1) is 11.6 Å². The Balaban J connectivity index is 2.53. The maximum absolute atomic E-state index is 12.8. The molecule has 0 bridgehead atoms. The molecule has 0 aromatic heterocycles. The fourth-order valence-electron chi connectivity index (χ4n) is 1.15. The Morgan fingerprint density at radius 1 is 1.25 bits per heavy atom. The maximum Gasteiger partial charge on any atom is 0.211 e. The number of hydrogen-bond donors (Lipinski definition) is 1. The number of halogens is 2. The van der Waals surface area contributed by atoms with Crippen molar-refractivity contribution in [3.05, 3.63) is 35.4 Å². The SMILES string of the molecule is CCS(=O)(=O)NCCc1ccc(F)c(F)c1. The van der Waals surface area contributed by atoms with Crippen molar-refractivity contribution in [1.29, 1.82) is 0 Å². The van der Waals surface area contributed by atoms with Gasteiger partial charge in [0, 0.05) is 6.54 Å². The Bertz CT molecular complexity index is 460. The van der Waals surface area contributed by atoms with Gasteiger partial charge in [0.25, 0.3) is 0 Å². The lowest BCUT2D eigenvalue weighted by molar-refractivity contribution is 0.507. The molecule has 0 saturated heterocycles. The quantitative estimate of drug-likeness (QED) is 0.858. The summed E-state index contributed by atoms with van der Waals surface area (Å²) in [6.07, 6.45) is 0.330. The van der Waals surface area contributed by atoms with Crippen molar-refractivity contribution in [2.75, 3.05) is 12.3 Å². The summed E-state index contributed by atoms with van der Waals surface area (Å²) in [5.74, 6) is -1.82. The number of rotatable bonds is 5. The van der Waals surface area contributed by atoms with Gasteiger partial charge in [0.05, 0.1) is 5.75 Å². The molecule has 0 radical (unpaired) electrons. The van der Waals surface area contributed by atoms with Crippen LogP contribution in [0.5, 0.6) is 0 Å². The third-order valence-corrected chi connectivity index (χ3v) is 3.50. The van der Waals surface area contributed by atoms with Crippen molar-refractivity contribution < 1.29 is 17.2 Å². The van der Waals surface area contributed by atoms with Gasteiger partial charge in [0.15, 0.2) is 11.6 Å². The molecular formula is C10H13F2NO2S. The van der Waals surface area contributed by atoms with Gasteiger partial charge in [0.2, 0.25) is 10.0 Å². The van der Waals surface area contributed by atoms with Crippen molar-refractivity contribution in [2.24, 2.45) is 0 Å². The minimum atomic E-state index is -3.23. The molecule has 6 heteroatoms. The lowest BCUT2D eigenvalue weighted by Crippen LogP contribution is -2.27. The minimum absolute atomic E-state index is 0.00474.